The van der Waals surface area contributed by atoms with Crippen molar-refractivity contribution < 1.29 is 9.53 Å². The molecule has 0 unspecified atom stereocenters. The minimum absolute atomic E-state index is 0.0687. The Bertz CT molecular complexity index is 911. The van der Waals surface area contributed by atoms with E-state index in [1.54, 1.807) is 12.1 Å². The maximum atomic E-state index is 12.1. The Morgan fingerprint density at radius 1 is 1.12 bits per heavy atom. The summed E-state index contributed by atoms with van der Waals surface area (Å²) >= 11 is 9.63. The predicted molar refractivity (Wildman–Crippen MR) is 102 cm³/mol. The lowest BCUT2D eigenvalue weighted by Crippen LogP contribution is -2.20. The molecule has 1 N–H and O–H groups in total. The quantitative estimate of drug-likeness (QED) is 0.616. The number of benzene rings is 3. The number of ether oxygens (including phenoxy) is 1. The lowest BCUT2D eigenvalue weighted by atomic mass is 10.1. The summed E-state index contributed by atoms with van der Waals surface area (Å²) in [4.78, 5) is 12.1. The molecule has 3 aromatic carbocycles. The van der Waals surface area contributed by atoms with Gasteiger partial charge in [0.1, 0.15) is 5.75 Å². The average molecular weight is 405 g/mol. The fourth-order valence-corrected chi connectivity index (χ4v) is 2.90. The summed E-state index contributed by atoms with van der Waals surface area (Å²) < 4.78 is 6.69. The van der Waals surface area contributed by atoms with Crippen LogP contribution in [0.1, 0.15) is 5.56 Å². The van der Waals surface area contributed by atoms with Gasteiger partial charge in [0.25, 0.3) is 5.91 Å². The summed E-state index contributed by atoms with van der Waals surface area (Å²) in [6, 6.07) is 16.9. The van der Waals surface area contributed by atoms with Crippen molar-refractivity contribution in [3.63, 3.8) is 0 Å². The fourth-order valence-electron chi connectivity index (χ4n) is 2.42. The first-order chi connectivity index (χ1) is 11.5. The monoisotopic (exact) mass is 403 g/mol. The number of amides is 1. The van der Waals surface area contributed by atoms with Gasteiger partial charge in [0, 0.05) is 26.0 Å². The first-order valence-corrected chi connectivity index (χ1v) is 8.58. The van der Waals surface area contributed by atoms with Crippen LogP contribution in [-0.2, 0) is 4.79 Å². The van der Waals surface area contributed by atoms with E-state index >= 15 is 0 Å². The number of carbonyl (C=O) groups excluding carboxylic acids is 1. The van der Waals surface area contributed by atoms with Crippen LogP contribution < -0.4 is 10.1 Å². The first kappa shape index (κ1) is 16.8. The highest BCUT2D eigenvalue weighted by molar-refractivity contribution is 9.10. The van der Waals surface area contributed by atoms with Gasteiger partial charge in [-0.05, 0) is 42.8 Å². The Morgan fingerprint density at radius 3 is 2.62 bits per heavy atom. The van der Waals surface area contributed by atoms with E-state index in [9.17, 15) is 4.79 Å². The molecule has 0 bridgehead atoms. The number of nitrogens with one attached hydrogen (secondary N) is 1. The predicted octanol–water partition coefficient (Wildman–Crippen LogP) is 5.58. The zero-order valence-electron chi connectivity index (χ0n) is 13.0. The molecule has 0 aliphatic rings. The van der Waals surface area contributed by atoms with Gasteiger partial charge in [0.15, 0.2) is 6.61 Å². The highest BCUT2D eigenvalue weighted by Crippen LogP contribution is 2.31. The van der Waals surface area contributed by atoms with Crippen molar-refractivity contribution in [1.29, 1.82) is 0 Å². The Kier molecular flexibility index (Phi) is 5.07. The van der Waals surface area contributed by atoms with Gasteiger partial charge in [0.2, 0.25) is 0 Å². The maximum Gasteiger partial charge on any atom is 0.262 e. The third-order valence-corrected chi connectivity index (χ3v) is 4.85. The van der Waals surface area contributed by atoms with Crippen LogP contribution in [0.2, 0.25) is 5.02 Å². The van der Waals surface area contributed by atoms with E-state index in [1.165, 1.54) is 0 Å². The Morgan fingerprint density at radius 2 is 1.88 bits per heavy atom. The lowest BCUT2D eigenvalue weighted by Gasteiger charge is -2.11. The minimum atomic E-state index is -0.212. The molecule has 3 rings (SSSR count). The molecule has 0 spiro atoms. The number of rotatable bonds is 4. The highest BCUT2D eigenvalue weighted by Gasteiger charge is 2.08. The van der Waals surface area contributed by atoms with Gasteiger partial charge < -0.3 is 10.1 Å². The molecule has 0 radical (unpaired) electrons. The third kappa shape index (κ3) is 3.71. The number of hydrogen-bond acceptors (Lipinski definition) is 2. The molecule has 0 saturated carbocycles. The highest BCUT2D eigenvalue weighted by atomic mass is 79.9. The van der Waals surface area contributed by atoms with E-state index in [-0.39, 0.29) is 12.5 Å². The van der Waals surface area contributed by atoms with Crippen LogP contribution in [0.25, 0.3) is 10.8 Å². The van der Waals surface area contributed by atoms with E-state index in [0.717, 1.165) is 26.5 Å². The van der Waals surface area contributed by atoms with Gasteiger partial charge >= 0.3 is 0 Å². The summed E-state index contributed by atoms with van der Waals surface area (Å²) in [6.45, 7) is 1.90. The lowest BCUT2D eigenvalue weighted by molar-refractivity contribution is -0.118. The van der Waals surface area contributed by atoms with Crippen LogP contribution >= 0.6 is 27.5 Å². The van der Waals surface area contributed by atoms with Gasteiger partial charge in [-0.25, -0.2) is 0 Å². The van der Waals surface area contributed by atoms with E-state index < -0.39 is 0 Å². The zero-order valence-corrected chi connectivity index (χ0v) is 15.3. The summed E-state index contributed by atoms with van der Waals surface area (Å²) in [5.41, 5.74) is 1.79. The molecule has 122 valence electrons. The van der Waals surface area contributed by atoms with Crippen molar-refractivity contribution in [2.75, 3.05) is 11.9 Å². The van der Waals surface area contributed by atoms with Gasteiger partial charge in [-0.3, -0.25) is 4.79 Å². The van der Waals surface area contributed by atoms with Crippen LogP contribution in [-0.4, -0.2) is 12.5 Å². The molecule has 5 heteroatoms. The summed E-state index contributed by atoms with van der Waals surface area (Å²) in [7, 11) is 0. The van der Waals surface area contributed by atoms with Crippen molar-refractivity contribution in [3.05, 3.63) is 69.7 Å². The topological polar surface area (TPSA) is 38.3 Å². The van der Waals surface area contributed by atoms with Crippen LogP contribution in [0.4, 0.5) is 5.69 Å². The summed E-state index contributed by atoms with van der Waals surface area (Å²) in [6.07, 6.45) is 0. The SMILES string of the molecule is Cc1cc(NC(=O)COc2ccc(Cl)c3ccccc23)ccc1Br. The molecule has 3 nitrogen and oxygen atoms in total. The molecule has 3 aromatic rings. The van der Waals surface area contributed by atoms with E-state index in [4.69, 9.17) is 16.3 Å². The second-order valence-electron chi connectivity index (χ2n) is 5.39. The molecule has 0 saturated heterocycles. The summed E-state index contributed by atoms with van der Waals surface area (Å²) in [5, 5.41) is 5.28. The van der Waals surface area contributed by atoms with E-state index in [1.807, 2.05) is 49.4 Å². The molecule has 0 aromatic heterocycles. The largest absolute Gasteiger partial charge is 0.483 e. The van der Waals surface area contributed by atoms with Gasteiger partial charge in [-0.2, -0.15) is 0 Å². The van der Waals surface area contributed by atoms with Crippen LogP contribution in [0, 0.1) is 6.92 Å². The molecule has 0 aliphatic carbocycles. The van der Waals surface area contributed by atoms with Gasteiger partial charge in [-0.15, -0.1) is 0 Å². The number of carbonyl (C=O) groups is 1. The Labute approximate surface area is 153 Å². The van der Waals surface area contributed by atoms with E-state index in [2.05, 4.69) is 21.2 Å². The molecule has 0 fully saturated rings. The Hall–Kier alpha value is -2.04. The normalized spacial score (nSPS) is 10.6. The van der Waals surface area contributed by atoms with Crippen molar-refractivity contribution in [1.82, 2.24) is 0 Å². The zero-order chi connectivity index (χ0) is 17.1. The van der Waals surface area contributed by atoms with Crippen LogP contribution in [0.15, 0.2) is 59.1 Å². The van der Waals surface area contributed by atoms with Crippen molar-refractivity contribution >= 4 is 49.9 Å². The maximum absolute atomic E-state index is 12.1. The van der Waals surface area contributed by atoms with E-state index in [0.29, 0.717) is 10.8 Å². The average Bonchev–Trinajstić information content (AvgIpc) is 2.58. The molecule has 24 heavy (non-hydrogen) atoms. The number of aryl methyl sites for hydroxylation is 1. The molecule has 1 amide bonds. The fraction of sp³-hybridized carbons (Fsp3) is 0.105. The Balaban J connectivity index is 1.70. The minimum Gasteiger partial charge on any atom is -0.483 e. The molecule has 0 atom stereocenters. The van der Waals surface area contributed by atoms with Crippen molar-refractivity contribution in [2.45, 2.75) is 6.92 Å². The number of anilines is 1. The number of halogens is 2. The van der Waals surface area contributed by atoms with Gasteiger partial charge in [-0.1, -0.05) is 51.8 Å². The second kappa shape index (κ2) is 7.24. The smallest absolute Gasteiger partial charge is 0.262 e. The molecular weight excluding hydrogens is 390 g/mol. The molecular formula is C19H15BrClNO2. The van der Waals surface area contributed by atoms with Crippen LogP contribution in [0.5, 0.6) is 5.75 Å². The molecule has 0 aliphatic heterocycles. The number of fused-ring (bicyclic) bond motifs is 1. The summed E-state index contributed by atoms with van der Waals surface area (Å²) in [5.74, 6) is 0.424. The van der Waals surface area contributed by atoms with Crippen molar-refractivity contribution in [2.24, 2.45) is 0 Å². The molecule has 0 heterocycles. The van der Waals surface area contributed by atoms with Crippen LogP contribution in [0.3, 0.4) is 0 Å². The first-order valence-electron chi connectivity index (χ1n) is 7.40. The third-order valence-electron chi connectivity index (χ3n) is 3.63. The van der Waals surface area contributed by atoms with Crippen molar-refractivity contribution in [3.8, 4) is 5.75 Å². The number of hydrogen-bond donors (Lipinski definition) is 1. The van der Waals surface area contributed by atoms with Gasteiger partial charge in [0.05, 0.1) is 0 Å². The standard InChI is InChI=1S/C19H15BrClNO2/c1-12-10-13(6-7-16(12)20)22-19(23)11-24-18-9-8-17(21)14-4-2-3-5-15(14)18/h2-10H,11H2,1H3,(H,22,23). The second-order valence-corrected chi connectivity index (χ2v) is 6.65.